The summed E-state index contributed by atoms with van der Waals surface area (Å²) < 4.78 is 5.62. The number of phenolic OH excluding ortho intramolecular Hbond substituents is 4. The minimum absolute atomic E-state index is 0.143. The fourth-order valence-electron chi connectivity index (χ4n) is 2.47. The van der Waals surface area contributed by atoms with Crippen molar-refractivity contribution in [3.05, 3.63) is 41.5 Å². The first kappa shape index (κ1) is 17.2. The molecule has 8 heteroatoms. The molecule has 1 aliphatic heterocycles. The Labute approximate surface area is 136 Å². The lowest BCUT2D eigenvalue weighted by atomic mass is 9.94. The molecule has 0 saturated carbocycles. The molecule has 2 atom stereocenters. The van der Waals surface area contributed by atoms with Crippen LogP contribution in [0.1, 0.15) is 17.2 Å². The van der Waals surface area contributed by atoms with Crippen molar-refractivity contribution in [1.82, 2.24) is 0 Å². The van der Waals surface area contributed by atoms with Gasteiger partial charge in [-0.2, -0.15) is 0 Å². The summed E-state index contributed by atoms with van der Waals surface area (Å²) >= 11 is 0. The third-order valence-electron chi connectivity index (χ3n) is 3.51. The van der Waals surface area contributed by atoms with E-state index in [4.69, 9.17) is 14.6 Å². The SMILES string of the molecule is O=CO.Oc1cc(O)c2c(c1)O[C@H](c1ccc(O)c(O)c1)[C@@H](O)C2. The van der Waals surface area contributed by atoms with Crippen LogP contribution in [0.2, 0.25) is 0 Å². The number of phenols is 4. The van der Waals surface area contributed by atoms with Gasteiger partial charge >= 0.3 is 0 Å². The summed E-state index contributed by atoms with van der Waals surface area (Å²) in [5.74, 6) is -0.589. The predicted molar refractivity (Wildman–Crippen MR) is 81.3 cm³/mol. The Kier molecular flexibility index (Phi) is 5.00. The Morgan fingerprint density at radius 3 is 2.29 bits per heavy atom. The van der Waals surface area contributed by atoms with Crippen LogP contribution in [0.3, 0.4) is 0 Å². The highest BCUT2D eigenvalue weighted by Gasteiger charge is 2.32. The van der Waals surface area contributed by atoms with Crippen molar-refractivity contribution < 1.29 is 40.2 Å². The van der Waals surface area contributed by atoms with E-state index < -0.39 is 12.2 Å². The second kappa shape index (κ2) is 6.97. The average Bonchev–Trinajstić information content (AvgIpc) is 2.51. The highest BCUT2D eigenvalue weighted by molar-refractivity contribution is 5.52. The van der Waals surface area contributed by atoms with Gasteiger partial charge in [0.2, 0.25) is 0 Å². The predicted octanol–water partition coefficient (Wildman–Crippen LogP) is 1.25. The van der Waals surface area contributed by atoms with Gasteiger partial charge in [0.1, 0.15) is 23.4 Å². The number of carboxylic acid groups (broad SMARTS) is 1. The van der Waals surface area contributed by atoms with Crippen LogP contribution in [0.4, 0.5) is 0 Å². The highest BCUT2D eigenvalue weighted by Crippen LogP contribution is 2.42. The Morgan fingerprint density at radius 1 is 1.00 bits per heavy atom. The van der Waals surface area contributed by atoms with Crippen molar-refractivity contribution in [2.75, 3.05) is 0 Å². The van der Waals surface area contributed by atoms with Gasteiger partial charge in [-0.25, -0.2) is 0 Å². The third kappa shape index (κ3) is 3.44. The number of ether oxygens (including phenoxy) is 1. The summed E-state index contributed by atoms with van der Waals surface area (Å²) in [6.45, 7) is -0.250. The zero-order valence-corrected chi connectivity index (χ0v) is 12.3. The maximum atomic E-state index is 10.2. The van der Waals surface area contributed by atoms with E-state index in [9.17, 15) is 25.5 Å². The third-order valence-corrected chi connectivity index (χ3v) is 3.51. The molecule has 0 aliphatic carbocycles. The van der Waals surface area contributed by atoms with Gasteiger partial charge in [0, 0.05) is 24.1 Å². The fraction of sp³-hybridized carbons (Fsp3) is 0.188. The van der Waals surface area contributed by atoms with E-state index in [1.807, 2.05) is 0 Å². The Hall–Kier alpha value is -3.13. The van der Waals surface area contributed by atoms with Crippen molar-refractivity contribution in [2.24, 2.45) is 0 Å². The van der Waals surface area contributed by atoms with E-state index in [0.717, 1.165) is 0 Å². The number of carbonyl (C=O) groups is 1. The van der Waals surface area contributed by atoms with Gasteiger partial charge in [0.25, 0.3) is 6.47 Å². The Balaban J connectivity index is 0.000000647. The van der Waals surface area contributed by atoms with Crippen molar-refractivity contribution in [1.29, 1.82) is 0 Å². The number of aliphatic hydroxyl groups is 1. The molecule has 0 radical (unpaired) electrons. The standard InChI is InChI=1S/C15H14O6.CH2O2/c16-8-4-11(18)9-6-13(20)15(21-14(9)5-8)7-1-2-10(17)12(19)3-7;2-1-3/h1-5,13,15-20H,6H2;1H,(H,2,3)/t13-,15+;/m0./s1. The molecule has 3 rings (SSSR count). The van der Waals surface area contributed by atoms with E-state index >= 15 is 0 Å². The zero-order valence-electron chi connectivity index (χ0n) is 12.3. The summed E-state index contributed by atoms with van der Waals surface area (Å²) in [5, 5.41) is 55.2. The average molecular weight is 336 g/mol. The van der Waals surface area contributed by atoms with Gasteiger partial charge in [-0.05, 0) is 17.7 Å². The lowest BCUT2D eigenvalue weighted by Crippen LogP contribution is -2.30. The minimum atomic E-state index is -0.933. The van der Waals surface area contributed by atoms with Crippen LogP contribution in [0.15, 0.2) is 30.3 Å². The molecule has 8 nitrogen and oxygen atoms in total. The molecule has 2 aromatic carbocycles. The van der Waals surface area contributed by atoms with Crippen molar-refractivity contribution in [3.63, 3.8) is 0 Å². The molecule has 1 heterocycles. The fourth-order valence-corrected chi connectivity index (χ4v) is 2.47. The number of aliphatic hydroxyl groups excluding tert-OH is 1. The smallest absolute Gasteiger partial charge is 0.290 e. The normalized spacial score (nSPS) is 18.5. The second-order valence-corrected chi connectivity index (χ2v) is 5.11. The zero-order chi connectivity index (χ0) is 17.9. The number of aromatic hydroxyl groups is 4. The largest absolute Gasteiger partial charge is 0.508 e. The topological polar surface area (TPSA) is 148 Å². The van der Waals surface area contributed by atoms with Gasteiger partial charge in [-0.15, -0.1) is 0 Å². The molecule has 0 saturated heterocycles. The van der Waals surface area contributed by atoms with E-state index in [1.54, 1.807) is 0 Å². The van der Waals surface area contributed by atoms with Gasteiger partial charge in [-0.1, -0.05) is 6.07 Å². The van der Waals surface area contributed by atoms with Crippen LogP contribution in [-0.2, 0) is 11.2 Å². The monoisotopic (exact) mass is 336 g/mol. The molecule has 0 amide bonds. The minimum Gasteiger partial charge on any atom is -0.508 e. The molecule has 1 aliphatic rings. The van der Waals surface area contributed by atoms with Crippen LogP contribution in [0, 0.1) is 0 Å². The Bertz CT molecular complexity index is 743. The van der Waals surface area contributed by atoms with Crippen molar-refractivity contribution in [2.45, 2.75) is 18.6 Å². The number of hydrogen-bond acceptors (Lipinski definition) is 7. The molecule has 0 fully saturated rings. The summed E-state index contributed by atoms with van der Waals surface area (Å²) in [6, 6.07) is 6.67. The molecule has 0 spiro atoms. The van der Waals surface area contributed by atoms with E-state index in [0.29, 0.717) is 11.1 Å². The molecular formula is C16H16O8. The van der Waals surface area contributed by atoms with Crippen LogP contribution < -0.4 is 4.74 Å². The van der Waals surface area contributed by atoms with E-state index in [-0.39, 0.29) is 41.6 Å². The quantitative estimate of drug-likeness (QED) is 0.337. The van der Waals surface area contributed by atoms with Gasteiger partial charge in [-0.3, -0.25) is 4.79 Å². The molecule has 0 aromatic heterocycles. The van der Waals surface area contributed by atoms with E-state index in [2.05, 4.69) is 0 Å². The first-order chi connectivity index (χ1) is 11.4. The summed E-state index contributed by atoms with van der Waals surface area (Å²) in [7, 11) is 0. The van der Waals surface area contributed by atoms with Gasteiger partial charge < -0.3 is 35.4 Å². The van der Waals surface area contributed by atoms with Crippen molar-refractivity contribution >= 4 is 6.47 Å². The molecule has 6 N–H and O–H groups in total. The molecule has 0 bridgehead atoms. The van der Waals surface area contributed by atoms with E-state index in [1.165, 1.54) is 30.3 Å². The first-order valence-corrected chi connectivity index (χ1v) is 6.86. The summed E-state index contributed by atoms with van der Waals surface area (Å²) in [4.78, 5) is 8.36. The van der Waals surface area contributed by atoms with Crippen LogP contribution in [0.5, 0.6) is 28.7 Å². The lowest BCUT2D eigenvalue weighted by Gasteiger charge is -2.31. The first-order valence-electron chi connectivity index (χ1n) is 6.86. The van der Waals surface area contributed by atoms with Gasteiger partial charge in [0.15, 0.2) is 11.5 Å². The second-order valence-electron chi connectivity index (χ2n) is 5.11. The number of benzene rings is 2. The van der Waals surface area contributed by atoms with Crippen molar-refractivity contribution in [3.8, 4) is 28.7 Å². The molecule has 24 heavy (non-hydrogen) atoms. The van der Waals surface area contributed by atoms with Crippen LogP contribution >= 0.6 is 0 Å². The lowest BCUT2D eigenvalue weighted by molar-refractivity contribution is -0.122. The van der Waals surface area contributed by atoms with Crippen LogP contribution in [-0.4, -0.2) is 43.2 Å². The molecule has 2 aromatic rings. The molecular weight excluding hydrogens is 320 g/mol. The Morgan fingerprint density at radius 2 is 1.67 bits per heavy atom. The maximum absolute atomic E-state index is 10.2. The molecule has 128 valence electrons. The summed E-state index contributed by atoms with van der Waals surface area (Å²) in [5.41, 5.74) is 0.894. The highest BCUT2D eigenvalue weighted by atomic mass is 16.5. The number of rotatable bonds is 1. The maximum Gasteiger partial charge on any atom is 0.290 e. The number of fused-ring (bicyclic) bond motifs is 1. The molecule has 0 unspecified atom stereocenters. The summed E-state index contributed by atoms with van der Waals surface area (Å²) in [6.07, 6.45) is -1.56. The van der Waals surface area contributed by atoms with Gasteiger partial charge in [0.05, 0.1) is 6.10 Å². The number of hydrogen-bond donors (Lipinski definition) is 6. The van der Waals surface area contributed by atoms with Crippen LogP contribution in [0.25, 0.3) is 0 Å².